The number of Topliss-reactive ketones (excluding diaryl/α,β-unsaturated/α-hetero) is 1. The Hall–Kier alpha value is 0.0200. The van der Waals surface area contributed by atoms with Gasteiger partial charge in [-0.1, -0.05) is 32.1 Å². The molecule has 0 N–H and O–H groups in total. The zero-order valence-corrected chi connectivity index (χ0v) is 9.91. The van der Waals surface area contributed by atoms with Crippen LogP contribution in [0.5, 0.6) is 0 Å². The maximum Gasteiger partial charge on any atom is 0.133 e. The highest BCUT2D eigenvalue weighted by Crippen LogP contribution is 2.14. The maximum absolute atomic E-state index is 11.4. The van der Waals surface area contributed by atoms with Gasteiger partial charge in [-0.25, -0.2) is 0 Å². The van der Waals surface area contributed by atoms with E-state index in [4.69, 9.17) is 0 Å². The normalized spacial score (nSPS) is 23.3. The molecule has 0 spiro atoms. The fourth-order valence-electron chi connectivity index (χ4n) is 1.82. The second-order valence-electron chi connectivity index (χ2n) is 4.13. The lowest BCUT2D eigenvalue weighted by molar-refractivity contribution is -0.118. The zero-order chi connectivity index (χ0) is 10.1. The molecule has 0 unspecified atom stereocenters. The molecule has 1 fully saturated rings. The fourth-order valence-corrected chi connectivity index (χ4v) is 2.81. The number of thioether (sulfide) groups is 1. The molecule has 0 aromatic rings. The smallest absolute Gasteiger partial charge is 0.133 e. The molecule has 2 heteroatoms. The first kappa shape index (κ1) is 12.1. The van der Waals surface area contributed by atoms with Crippen LogP contribution in [-0.4, -0.2) is 17.3 Å². The quantitative estimate of drug-likeness (QED) is 0.610. The topological polar surface area (TPSA) is 17.1 Å². The Balaban J connectivity index is 2.15. The standard InChI is InChI=1S/C12H22OS/c13-12-8-6-4-2-1-3-5-7-10-14-11-9-12/h1-11H2. The second-order valence-corrected chi connectivity index (χ2v) is 5.35. The summed E-state index contributed by atoms with van der Waals surface area (Å²) in [5.41, 5.74) is 0. The third-order valence-corrected chi connectivity index (χ3v) is 3.84. The minimum absolute atomic E-state index is 0.483. The van der Waals surface area contributed by atoms with E-state index in [9.17, 15) is 4.79 Å². The van der Waals surface area contributed by atoms with Crippen molar-refractivity contribution in [2.24, 2.45) is 0 Å². The van der Waals surface area contributed by atoms with Gasteiger partial charge in [0.1, 0.15) is 5.78 Å². The van der Waals surface area contributed by atoms with E-state index in [0.717, 1.165) is 25.0 Å². The molecule has 0 saturated carbocycles. The summed E-state index contributed by atoms with van der Waals surface area (Å²) in [6, 6.07) is 0. The van der Waals surface area contributed by atoms with E-state index < -0.39 is 0 Å². The van der Waals surface area contributed by atoms with Crippen LogP contribution in [0.4, 0.5) is 0 Å². The van der Waals surface area contributed by atoms with E-state index in [1.54, 1.807) is 0 Å². The molecule has 1 heterocycles. The van der Waals surface area contributed by atoms with E-state index in [2.05, 4.69) is 0 Å². The Labute approximate surface area is 92.0 Å². The zero-order valence-electron chi connectivity index (χ0n) is 9.09. The molecular formula is C12H22OS. The van der Waals surface area contributed by atoms with Gasteiger partial charge in [-0.3, -0.25) is 4.79 Å². The van der Waals surface area contributed by atoms with Crippen molar-refractivity contribution in [3.8, 4) is 0 Å². The van der Waals surface area contributed by atoms with Crippen molar-refractivity contribution in [2.75, 3.05) is 11.5 Å². The van der Waals surface area contributed by atoms with Gasteiger partial charge in [0.15, 0.2) is 0 Å². The summed E-state index contributed by atoms with van der Waals surface area (Å²) in [6.45, 7) is 0. The number of ketones is 1. The maximum atomic E-state index is 11.4. The van der Waals surface area contributed by atoms with Crippen molar-refractivity contribution in [1.29, 1.82) is 0 Å². The van der Waals surface area contributed by atoms with Crippen molar-refractivity contribution < 1.29 is 4.79 Å². The molecule has 0 bridgehead atoms. The van der Waals surface area contributed by atoms with Gasteiger partial charge in [-0.2, -0.15) is 11.8 Å². The van der Waals surface area contributed by atoms with Gasteiger partial charge in [0.25, 0.3) is 0 Å². The largest absolute Gasteiger partial charge is 0.300 e. The van der Waals surface area contributed by atoms with E-state index in [1.165, 1.54) is 44.3 Å². The molecule has 0 amide bonds. The lowest BCUT2D eigenvalue weighted by Crippen LogP contribution is -1.99. The van der Waals surface area contributed by atoms with Crippen LogP contribution in [0.15, 0.2) is 0 Å². The average Bonchev–Trinajstić information content (AvgIpc) is 2.20. The third kappa shape index (κ3) is 6.47. The van der Waals surface area contributed by atoms with Crippen molar-refractivity contribution in [3.05, 3.63) is 0 Å². The summed E-state index contributed by atoms with van der Waals surface area (Å²) < 4.78 is 0. The number of hydrogen-bond donors (Lipinski definition) is 0. The summed E-state index contributed by atoms with van der Waals surface area (Å²) in [6.07, 6.45) is 10.9. The minimum atomic E-state index is 0.483. The van der Waals surface area contributed by atoms with E-state index in [1.807, 2.05) is 11.8 Å². The molecule has 0 atom stereocenters. The SMILES string of the molecule is O=C1CCCCCCCCCSCC1. The first-order chi connectivity index (χ1) is 6.89. The Morgan fingerprint density at radius 1 is 0.714 bits per heavy atom. The van der Waals surface area contributed by atoms with Gasteiger partial charge in [0.2, 0.25) is 0 Å². The highest BCUT2D eigenvalue weighted by molar-refractivity contribution is 7.99. The van der Waals surface area contributed by atoms with Gasteiger partial charge < -0.3 is 0 Å². The fraction of sp³-hybridized carbons (Fsp3) is 0.917. The van der Waals surface area contributed by atoms with Crippen LogP contribution >= 0.6 is 11.8 Å². The molecule has 0 radical (unpaired) electrons. The predicted octanol–water partition coefficient (Wildman–Crippen LogP) is 3.81. The minimum Gasteiger partial charge on any atom is -0.300 e. The van der Waals surface area contributed by atoms with Gasteiger partial charge in [0.05, 0.1) is 0 Å². The predicted molar refractivity (Wildman–Crippen MR) is 63.9 cm³/mol. The molecule has 0 aromatic heterocycles. The first-order valence-electron chi connectivity index (χ1n) is 5.99. The summed E-state index contributed by atoms with van der Waals surface area (Å²) in [7, 11) is 0. The van der Waals surface area contributed by atoms with Gasteiger partial charge >= 0.3 is 0 Å². The highest BCUT2D eigenvalue weighted by atomic mass is 32.2. The van der Waals surface area contributed by atoms with Crippen molar-refractivity contribution in [1.82, 2.24) is 0 Å². The Bertz CT molecular complexity index is 140. The average molecular weight is 214 g/mol. The second kappa shape index (κ2) is 8.34. The highest BCUT2D eigenvalue weighted by Gasteiger charge is 2.02. The van der Waals surface area contributed by atoms with E-state index >= 15 is 0 Å². The van der Waals surface area contributed by atoms with Crippen LogP contribution in [-0.2, 0) is 4.79 Å². The monoisotopic (exact) mass is 214 g/mol. The van der Waals surface area contributed by atoms with Gasteiger partial charge in [-0.15, -0.1) is 0 Å². The number of carbonyl (C=O) groups is 1. The summed E-state index contributed by atoms with van der Waals surface area (Å²) in [4.78, 5) is 11.4. The summed E-state index contributed by atoms with van der Waals surface area (Å²) in [5.74, 6) is 2.79. The third-order valence-electron chi connectivity index (χ3n) is 2.77. The van der Waals surface area contributed by atoms with Crippen LogP contribution in [0.2, 0.25) is 0 Å². The van der Waals surface area contributed by atoms with Crippen LogP contribution in [0.3, 0.4) is 0 Å². The molecule has 1 saturated heterocycles. The van der Waals surface area contributed by atoms with Gasteiger partial charge in [0, 0.05) is 18.6 Å². The van der Waals surface area contributed by atoms with Crippen LogP contribution < -0.4 is 0 Å². The Morgan fingerprint density at radius 3 is 2.14 bits per heavy atom. The Kier molecular flexibility index (Phi) is 7.20. The number of carbonyl (C=O) groups excluding carboxylic acids is 1. The molecule has 1 aliphatic heterocycles. The van der Waals surface area contributed by atoms with Crippen LogP contribution in [0, 0.1) is 0 Å². The first-order valence-corrected chi connectivity index (χ1v) is 7.14. The molecule has 1 rings (SSSR count). The lowest BCUT2D eigenvalue weighted by Gasteiger charge is -1.99. The number of rotatable bonds is 0. The summed E-state index contributed by atoms with van der Waals surface area (Å²) in [5, 5.41) is 0. The van der Waals surface area contributed by atoms with E-state index in [0.29, 0.717) is 5.78 Å². The molecule has 1 aliphatic rings. The van der Waals surface area contributed by atoms with E-state index in [-0.39, 0.29) is 0 Å². The summed E-state index contributed by atoms with van der Waals surface area (Å²) >= 11 is 1.96. The molecular weight excluding hydrogens is 192 g/mol. The van der Waals surface area contributed by atoms with Crippen molar-refractivity contribution >= 4 is 17.5 Å². The van der Waals surface area contributed by atoms with Crippen molar-refractivity contribution in [3.63, 3.8) is 0 Å². The molecule has 82 valence electrons. The molecule has 1 nitrogen and oxygen atoms in total. The molecule has 0 aliphatic carbocycles. The van der Waals surface area contributed by atoms with Crippen LogP contribution in [0.1, 0.15) is 57.8 Å². The Morgan fingerprint density at radius 2 is 1.36 bits per heavy atom. The number of hydrogen-bond acceptors (Lipinski definition) is 2. The van der Waals surface area contributed by atoms with Crippen LogP contribution in [0.25, 0.3) is 0 Å². The lowest BCUT2D eigenvalue weighted by atomic mass is 10.1. The van der Waals surface area contributed by atoms with Crippen molar-refractivity contribution in [2.45, 2.75) is 57.8 Å². The molecule has 14 heavy (non-hydrogen) atoms. The molecule has 0 aromatic carbocycles. The van der Waals surface area contributed by atoms with Gasteiger partial charge in [-0.05, 0) is 18.6 Å².